The SMILES string of the molecule is CCCN(CCC)c1cc(C(=O)NC2CC2)ncn1. The molecule has 0 bridgehead atoms. The number of rotatable bonds is 7. The molecule has 1 aliphatic carbocycles. The third-order valence-electron chi connectivity index (χ3n) is 3.11. The summed E-state index contributed by atoms with van der Waals surface area (Å²) in [5, 5.41) is 2.95. The monoisotopic (exact) mass is 262 g/mol. The third kappa shape index (κ3) is 3.91. The maximum atomic E-state index is 12.0. The van der Waals surface area contributed by atoms with E-state index in [0.717, 1.165) is 44.6 Å². The summed E-state index contributed by atoms with van der Waals surface area (Å²) in [7, 11) is 0. The quantitative estimate of drug-likeness (QED) is 0.816. The van der Waals surface area contributed by atoms with Crippen LogP contribution in [0.2, 0.25) is 0 Å². The minimum Gasteiger partial charge on any atom is -0.357 e. The molecule has 1 N–H and O–H groups in total. The Bertz CT molecular complexity index is 425. The van der Waals surface area contributed by atoms with Gasteiger partial charge >= 0.3 is 0 Å². The van der Waals surface area contributed by atoms with Crippen LogP contribution in [0.4, 0.5) is 5.82 Å². The lowest BCUT2D eigenvalue weighted by Crippen LogP contribution is -2.29. The lowest BCUT2D eigenvalue weighted by Gasteiger charge is -2.22. The fraction of sp³-hybridized carbons (Fsp3) is 0.643. The largest absolute Gasteiger partial charge is 0.357 e. The first-order valence-electron chi connectivity index (χ1n) is 7.12. The standard InChI is InChI=1S/C14H22N4O/c1-3-7-18(8-4-2)13-9-12(15-10-16-13)14(19)17-11-5-6-11/h9-11H,3-8H2,1-2H3,(H,17,19). The molecule has 0 unspecified atom stereocenters. The molecular formula is C14H22N4O. The van der Waals surface area contributed by atoms with Crippen molar-refractivity contribution < 1.29 is 4.79 Å². The molecule has 1 aromatic heterocycles. The molecule has 1 saturated carbocycles. The van der Waals surface area contributed by atoms with Gasteiger partial charge in [0.25, 0.3) is 5.91 Å². The van der Waals surface area contributed by atoms with Crippen LogP contribution in [0.15, 0.2) is 12.4 Å². The first kappa shape index (κ1) is 13.8. The lowest BCUT2D eigenvalue weighted by atomic mass is 10.3. The smallest absolute Gasteiger partial charge is 0.270 e. The van der Waals surface area contributed by atoms with Gasteiger partial charge in [-0.15, -0.1) is 0 Å². The van der Waals surface area contributed by atoms with Gasteiger partial charge in [-0.05, 0) is 25.7 Å². The summed E-state index contributed by atoms with van der Waals surface area (Å²) in [6, 6.07) is 2.15. The van der Waals surface area contributed by atoms with Gasteiger partial charge in [0.2, 0.25) is 0 Å². The van der Waals surface area contributed by atoms with Crippen molar-refractivity contribution in [2.45, 2.75) is 45.6 Å². The normalized spacial score (nSPS) is 14.2. The van der Waals surface area contributed by atoms with E-state index >= 15 is 0 Å². The molecule has 0 aromatic carbocycles. The molecule has 0 radical (unpaired) electrons. The molecule has 2 rings (SSSR count). The maximum Gasteiger partial charge on any atom is 0.270 e. The van der Waals surface area contributed by atoms with Crippen LogP contribution in [0.5, 0.6) is 0 Å². The van der Waals surface area contributed by atoms with Crippen LogP contribution in [-0.4, -0.2) is 35.0 Å². The Morgan fingerprint density at radius 3 is 2.58 bits per heavy atom. The van der Waals surface area contributed by atoms with Crippen molar-refractivity contribution in [3.05, 3.63) is 18.1 Å². The number of anilines is 1. The predicted octanol–water partition coefficient (Wildman–Crippen LogP) is 2.00. The Morgan fingerprint density at radius 1 is 1.32 bits per heavy atom. The zero-order chi connectivity index (χ0) is 13.7. The summed E-state index contributed by atoms with van der Waals surface area (Å²) in [4.78, 5) is 22.5. The van der Waals surface area contributed by atoms with Gasteiger partial charge in [-0.25, -0.2) is 9.97 Å². The maximum absolute atomic E-state index is 12.0. The molecule has 0 spiro atoms. The highest BCUT2D eigenvalue weighted by molar-refractivity contribution is 5.93. The number of hydrogen-bond donors (Lipinski definition) is 1. The van der Waals surface area contributed by atoms with Crippen molar-refractivity contribution in [2.75, 3.05) is 18.0 Å². The summed E-state index contributed by atoms with van der Waals surface area (Å²) < 4.78 is 0. The number of hydrogen-bond acceptors (Lipinski definition) is 4. The van der Waals surface area contributed by atoms with Gasteiger partial charge < -0.3 is 10.2 Å². The number of nitrogens with zero attached hydrogens (tertiary/aromatic N) is 3. The number of amides is 1. The summed E-state index contributed by atoms with van der Waals surface area (Å²) in [5.74, 6) is 0.763. The van der Waals surface area contributed by atoms with Gasteiger partial charge in [0.15, 0.2) is 0 Å². The van der Waals surface area contributed by atoms with Crippen LogP contribution in [-0.2, 0) is 0 Å². The van der Waals surface area contributed by atoms with Crippen molar-refractivity contribution in [1.29, 1.82) is 0 Å². The summed E-state index contributed by atoms with van der Waals surface area (Å²) in [5.41, 5.74) is 0.467. The van der Waals surface area contributed by atoms with E-state index in [1.165, 1.54) is 6.33 Å². The molecule has 0 atom stereocenters. The van der Waals surface area contributed by atoms with Gasteiger partial charge in [0, 0.05) is 25.2 Å². The molecule has 1 amide bonds. The zero-order valence-corrected chi connectivity index (χ0v) is 11.7. The van der Waals surface area contributed by atoms with E-state index in [2.05, 4.69) is 34.0 Å². The molecule has 19 heavy (non-hydrogen) atoms. The van der Waals surface area contributed by atoms with Crippen LogP contribution in [0.1, 0.15) is 50.0 Å². The van der Waals surface area contributed by atoms with Gasteiger partial charge in [-0.1, -0.05) is 13.8 Å². The van der Waals surface area contributed by atoms with Crippen molar-refractivity contribution in [1.82, 2.24) is 15.3 Å². The Morgan fingerprint density at radius 2 is 2.00 bits per heavy atom. The van der Waals surface area contributed by atoms with Crippen LogP contribution in [0.3, 0.4) is 0 Å². The average Bonchev–Trinajstić information content (AvgIpc) is 3.22. The first-order valence-corrected chi connectivity index (χ1v) is 7.12. The second-order valence-electron chi connectivity index (χ2n) is 5.00. The van der Waals surface area contributed by atoms with E-state index in [1.54, 1.807) is 6.07 Å². The van der Waals surface area contributed by atoms with Crippen LogP contribution in [0.25, 0.3) is 0 Å². The number of aromatic nitrogens is 2. The Balaban J connectivity index is 2.09. The molecule has 0 aliphatic heterocycles. The fourth-order valence-corrected chi connectivity index (χ4v) is 2.01. The summed E-state index contributed by atoms with van der Waals surface area (Å²) >= 11 is 0. The van der Waals surface area contributed by atoms with Crippen LogP contribution in [0, 0.1) is 0 Å². The van der Waals surface area contributed by atoms with Crippen molar-refractivity contribution in [2.24, 2.45) is 0 Å². The van der Waals surface area contributed by atoms with Gasteiger partial charge in [0.1, 0.15) is 17.8 Å². The van der Waals surface area contributed by atoms with Gasteiger partial charge in [0.05, 0.1) is 0 Å². The molecule has 5 heteroatoms. The Hall–Kier alpha value is -1.65. The van der Waals surface area contributed by atoms with E-state index in [-0.39, 0.29) is 5.91 Å². The number of carbonyl (C=O) groups excluding carboxylic acids is 1. The second kappa shape index (κ2) is 6.50. The molecular weight excluding hydrogens is 240 g/mol. The van der Waals surface area contributed by atoms with E-state index in [0.29, 0.717) is 11.7 Å². The minimum atomic E-state index is -0.0842. The number of carbonyl (C=O) groups is 1. The van der Waals surface area contributed by atoms with Crippen molar-refractivity contribution in [3.8, 4) is 0 Å². The minimum absolute atomic E-state index is 0.0842. The highest BCUT2D eigenvalue weighted by Crippen LogP contribution is 2.19. The van der Waals surface area contributed by atoms with Gasteiger partial charge in [-0.3, -0.25) is 4.79 Å². The molecule has 104 valence electrons. The van der Waals surface area contributed by atoms with E-state index < -0.39 is 0 Å². The number of nitrogens with one attached hydrogen (secondary N) is 1. The van der Waals surface area contributed by atoms with Crippen LogP contribution >= 0.6 is 0 Å². The highest BCUT2D eigenvalue weighted by atomic mass is 16.2. The van der Waals surface area contributed by atoms with Crippen molar-refractivity contribution >= 4 is 11.7 Å². The molecule has 5 nitrogen and oxygen atoms in total. The molecule has 1 heterocycles. The van der Waals surface area contributed by atoms with Gasteiger partial charge in [-0.2, -0.15) is 0 Å². The Labute approximate surface area is 114 Å². The lowest BCUT2D eigenvalue weighted by molar-refractivity contribution is 0.0946. The van der Waals surface area contributed by atoms with Crippen LogP contribution < -0.4 is 10.2 Å². The van der Waals surface area contributed by atoms with E-state index in [4.69, 9.17) is 0 Å². The summed E-state index contributed by atoms with van der Waals surface area (Å²) in [6.45, 7) is 6.19. The Kier molecular flexibility index (Phi) is 4.71. The van der Waals surface area contributed by atoms with E-state index in [1.807, 2.05) is 0 Å². The van der Waals surface area contributed by atoms with Crippen molar-refractivity contribution in [3.63, 3.8) is 0 Å². The predicted molar refractivity (Wildman–Crippen MR) is 75.3 cm³/mol. The molecule has 1 fully saturated rings. The van der Waals surface area contributed by atoms with E-state index in [9.17, 15) is 4.79 Å². The third-order valence-corrected chi connectivity index (χ3v) is 3.11. The summed E-state index contributed by atoms with van der Waals surface area (Å²) in [6.07, 6.45) is 5.78. The fourth-order valence-electron chi connectivity index (χ4n) is 2.01. The zero-order valence-electron chi connectivity index (χ0n) is 11.7. The molecule has 1 aliphatic rings. The molecule has 0 saturated heterocycles. The second-order valence-corrected chi connectivity index (χ2v) is 5.00. The average molecular weight is 262 g/mol. The molecule has 1 aromatic rings. The first-order chi connectivity index (χ1) is 9.24. The highest BCUT2D eigenvalue weighted by Gasteiger charge is 2.24. The topological polar surface area (TPSA) is 58.1 Å².